The Morgan fingerprint density at radius 2 is 1.27 bits per heavy atom. The standard InChI is InChI=1S/C16H13N3O2S/c17-22(20,21)15-9-4-3-7-13(15)12-6-1-2-8-14(12)16-18-10-5-11-19-16/h1-11H,(H2,17,20,21). The Hall–Kier alpha value is -2.57. The quantitative estimate of drug-likeness (QED) is 0.805. The van der Waals surface area contributed by atoms with Crippen molar-refractivity contribution >= 4 is 10.0 Å². The van der Waals surface area contributed by atoms with Crippen LogP contribution >= 0.6 is 0 Å². The number of hydrogen-bond donors (Lipinski definition) is 1. The summed E-state index contributed by atoms with van der Waals surface area (Å²) in [7, 11) is -3.82. The van der Waals surface area contributed by atoms with Gasteiger partial charge in [0, 0.05) is 23.5 Å². The summed E-state index contributed by atoms with van der Waals surface area (Å²) in [5.41, 5.74) is 2.01. The van der Waals surface area contributed by atoms with Crippen LogP contribution in [0, 0.1) is 0 Å². The van der Waals surface area contributed by atoms with Crippen LogP contribution in [0.1, 0.15) is 0 Å². The van der Waals surface area contributed by atoms with Gasteiger partial charge < -0.3 is 0 Å². The molecule has 0 saturated carbocycles. The molecule has 0 fully saturated rings. The van der Waals surface area contributed by atoms with Crippen molar-refractivity contribution in [3.63, 3.8) is 0 Å². The van der Waals surface area contributed by atoms with Crippen molar-refractivity contribution in [2.75, 3.05) is 0 Å². The van der Waals surface area contributed by atoms with E-state index in [1.165, 1.54) is 6.07 Å². The van der Waals surface area contributed by atoms with Crippen molar-refractivity contribution in [2.24, 2.45) is 5.14 Å². The van der Waals surface area contributed by atoms with Crippen LogP contribution in [0.4, 0.5) is 0 Å². The number of hydrogen-bond acceptors (Lipinski definition) is 4. The van der Waals surface area contributed by atoms with Crippen LogP contribution in [0.5, 0.6) is 0 Å². The SMILES string of the molecule is NS(=O)(=O)c1ccccc1-c1ccccc1-c1ncccn1. The minimum absolute atomic E-state index is 0.0818. The first-order valence-corrected chi connectivity index (χ1v) is 8.10. The molecule has 3 aromatic rings. The lowest BCUT2D eigenvalue weighted by Crippen LogP contribution is -2.13. The molecule has 1 heterocycles. The Bertz CT molecular complexity index is 909. The van der Waals surface area contributed by atoms with Gasteiger partial charge in [0.25, 0.3) is 0 Å². The maximum atomic E-state index is 11.8. The smallest absolute Gasteiger partial charge is 0.237 e. The molecule has 1 aromatic heterocycles. The third kappa shape index (κ3) is 2.74. The van der Waals surface area contributed by atoms with E-state index in [0.717, 1.165) is 11.1 Å². The maximum absolute atomic E-state index is 11.8. The molecule has 0 bridgehead atoms. The van der Waals surface area contributed by atoms with E-state index >= 15 is 0 Å². The molecule has 0 radical (unpaired) electrons. The molecule has 0 aliphatic heterocycles. The molecule has 3 rings (SSSR count). The van der Waals surface area contributed by atoms with Crippen LogP contribution < -0.4 is 5.14 Å². The molecule has 6 heteroatoms. The first-order valence-electron chi connectivity index (χ1n) is 6.56. The van der Waals surface area contributed by atoms with Crippen molar-refractivity contribution in [1.29, 1.82) is 0 Å². The fraction of sp³-hybridized carbons (Fsp3) is 0. The predicted octanol–water partition coefficient (Wildman–Crippen LogP) is 2.46. The maximum Gasteiger partial charge on any atom is 0.238 e. The van der Waals surface area contributed by atoms with E-state index in [-0.39, 0.29) is 4.90 Å². The van der Waals surface area contributed by atoms with Crippen LogP contribution in [0.2, 0.25) is 0 Å². The highest BCUT2D eigenvalue weighted by Gasteiger charge is 2.17. The highest BCUT2D eigenvalue weighted by Crippen LogP contribution is 2.33. The first-order chi connectivity index (χ1) is 10.6. The zero-order valence-electron chi connectivity index (χ0n) is 11.5. The second-order valence-electron chi connectivity index (χ2n) is 4.66. The molecule has 5 nitrogen and oxygen atoms in total. The zero-order valence-corrected chi connectivity index (χ0v) is 12.4. The number of aromatic nitrogens is 2. The molecule has 0 unspecified atom stereocenters. The Morgan fingerprint density at radius 3 is 1.91 bits per heavy atom. The minimum atomic E-state index is -3.82. The summed E-state index contributed by atoms with van der Waals surface area (Å²) in [5.74, 6) is 0.530. The largest absolute Gasteiger partial charge is 0.238 e. The van der Waals surface area contributed by atoms with Crippen molar-refractivity contribution in [2.45, 2.75) is 4.90 Å². The van der Waals surface area contributed by atoms with E-state index in [4.69, 9.17) is 5.14 Å². The molecule has 0 atom stereocenters. The van der Waals surface area contributed by atoms with Gasteiger partial charge in [-0.3, -0.25) is 0 Å². The molecule has 0 aliphatic carbocycles. The number of nitrogens with zero attached hydrogens (tertiary/aromatic N) is 2. The van der Waals surface area contributed by atoms with Crippen molar-refractivity contribution < 1.29 is 8.42 Å². The van der Waals surface area contributed by atoms with Crippen LogP contribution in [0.15, 0.2) is 71.9 Å². The normalized spacial score (nSPS) is 11.3. The van der Waals surface area contributed by atoms with Gasteiger partial charge in [-0.25, -0.2) is 23.5 Å². The van der Waals surface area contributed by atoms with E-state index < -0.39 is 10.0 Å². The topological polar surface area (TPSA) is 85.9 Å². The van der Waals surface area contributed by atoms with Crippen molar-refractivity contribution in [3.05, 3.63) is 67.0 Å². The number of nitrogens with two attached hydrogens (primary N) is 1. The Labute approximate surface area is 128 Å². The van der Waals surface area contributed by atoms with Crippen molar-refractivity contribution in [1.82, 2.24) is 9.97 Å². The average Bonchev–Trinajstić information content (AvgIpc) is 2.55. The van der Waals surface area contributed by atoms with E-state index in [1.54, 1.807) is 36.7 Å². The van der Waals surface area contributed by atoms with Gasteiger partial charge in [-0.15, -0.1) is 0 Å². The fourth-order valence-corrected chi connectivity index (χ4v) is 3.04. The monoisotopic (exact) mass is 311 g/mol. The summed E-state index contributed by atoms with van der Waals surface area (Å²) < 4.78 is 23.6. The summed E-state index contributed by atoms with van der Waals surface area (Å²) in [6, 6.07) is 15.7. The number of rotatable bonds is 3. The van der Waals surface area contributed by atoms with Gasteiger partial charge in [-0.05, 0) is 17.7 Å². The molecule has 0 saturated heterocycles. The summed E-state index contributed by atoms with van der Waals surface area (Å²) in [6.45, 7) is 0. The van der Waals surface area contributed by atoms with Gasteiger partial charge in [-0.1, -0.05) is 42.5 Å². The van der Waals surface area contributed by atoms with E-state index in [1.807, 2.05) is 24.3 Å². The lowest BCUT2D eigenvalue weighted by molar-refractivity contribution is 0.598. The molecule has 0 aliphatic rings. The highest BCUT2D eigenvalue weighted by atomic mass is 32.2. The van der Waals surface area contributed by atoms with Crippen molar-refractivity contribution in [3.8, 4) is 22.5 Å². The van der Waals surface area contributed by atoms with Gasteiger partial charge in [0.15, 0.2) is 5.82 Å². The average molecular weight is 311 g/mol. The molecule has 2 aromatic carbocycles. The third-order valence-corrected chi connectivity index (χ3v) is 4.19. The second kappa shape index (κ2) is 5.67. The van der Waals surface area contributed by atoms with Crippen LogP contribution in [0.25, 0.3) is 22.5 Å². The van der Waals surface area contributed by atoms with Crippen LogP contribution in [0.3, 0.4) is 0 Å². The lowest BCUT2D eigenvalue weighted by atomic mass is 9.99. The first kappa shape index (κ1) is 14.4. The number of sulfonamides is 1. The predicted molar refractivity (Wildman–Crippen MR) is 84.3 cm³/mol. The van der Waals surface area contributed by atoms with Gasteiger partial charge in [-0.2, -0.15) is 0 Å². The minimum Gasteiger partial charge on any atom is -0.237 e. The van der Waals surface area contributed by atoms with Crippen LogP contribution in [-0.4, -0.2) is 18.4 Å². The zero-order chi connectivity index (χ0) is 15.6. The lowest BCUT2D eigenvalue weighted by Gasteiger charge is -2.11. The molecular weight excluding hydrogens is 298 g/mol. The summed E-state index contributed by atoms with van der Waals surface area (Å²) in [6.07, 6.45) is 3.29. The van der Waals surface area contributed by atoms with Gasteiger partial charge >= 0.3 is 0 Å². The molecule has 110 valence electrons. The Morgan fingerprint density at radius 1 is 0.727 bits per heavy atom. The Kier molecular flexibility index (Phi) is 3.70. The molecule has 0 spiro atoms. The fourth-order valence-electron chi connectivity index (χ4n) is 2.29. The second-order valence-corrected chi connectivity index (χ2v) is 6.19. The number of primary sulfonamides is 1. The van der Waals surface area contributed by atoms with Gasteiger partial charge in [0.1, 0.15) is 0 Å². The van der Waals surface area contributed by atoms with Gasteiger partial charge in [0.05, 0.1) is 4.90 Å². The summed E-state index contributed by atoms with van der Waals surface area (Å²) >= 11 is 0. The van der Waals surface area contributed by atoms with E-state index in [2.05, 4.69) is 9.97 Å². The summed E-state index contributed by atoms with van der Waals surface area (Å²) in [4.78, 5) is 8.55. The molecule has 0 amide bonds. The van der Waals surface area contributed by atoms with Crippen LogP contribution in [-0.2, 0) is 10.0 Å². The number of benzene rings is 2. The highest BCUT2D eigenvalue weighted by molar-refractivity contribution is 7.89. The molecular formula is C16H13N3O2S. The van der Waals surface area contributed by atoms with Gasteiger partial charge in [0.2, 0.25) is 10.0 Å². The van der Waals surface area contributed by atoms with E-state index in [9.17, 15) is 8.42 Å². The Balaban J connectivity index is 2.28. The van der Waals surface area contributed by atoms with E-state index in [0.29, 0.717) is 11.4 Å². The molecule has 22 heavy (non-hydrogen) atoms. The molecule has 2 N–H and O–H groups in total. The summed E-state index contributed by atoms with van der Waals surface area (Å²) in [5, 5.41) is 5.32. The third-order valence-electron chi connectivity index (χ3n) is 3.22.